The summed E-state index contributed by atoms with van der Waals surface area (Å²) < 4.78 is 21.7. The summed E-state index contributed by atoms with van der Waals surface area (Å²) in [6.45, 7) is 11.7. The number of hydrogen-bond donors (Lipinski definition) is 4. The summed E-state index contributed by atoms with van der Waals surface area (Å²) >= 11 is 0. The van der Waals surface area contributed by atoms with Gasteiger partial charge in [-0.05, 0) is 94.5 Å². The van der Waals surface area contributed by atoms with Crippen molar-refractivity contribution in [3.8, 4) is 23.0 Å². The zero-order valence-corrected chi connectivity index (χ0v) is 34.4. The van der Waals surface area contributed by atoms with E-state index in [1.807, 2.05) is 41.5 Å². The number of ether oxygens (including phenoxy) is 4. The molecule has 0 bridgehead atoms. The summed E-state index contributed by atoms with van der Waals surface area (Å²) in [5.74, 6) is 1.48. The van der Waals surface area contributed by atoms with Crippen LogP contribution in [-0.4, -0.2) is 62.6 Å². The van der Waals surface area contributed by atoms with E-state index in [4.69, 9.17) is 18.9 Å². The Kier molecular flexibility index (Phi) is 12.2. The normalized spacial score (nSPS) is 15.4. The molecule has 4 aromatic carbocycles. The fraction of sp³-hybridized carbons (Fsp3) is 0.435. The second kappa shape index (κ2) is 16.2. The van der Waals surface area contributed by atoms with Crippen molar-refractivity contribution in [3.05, 3.63) is 119 Å². The second-order valence-corrected chi connectivity index (χ2v) is 16.9. The third-order valence-corrected chi connectivity index (χ3v) is 11.3. The third kappa shape index (κ3) is 7.95. The highest BCUT2D eigenvalue weighted by Gasteiger charge is 2.57. The van der Waals surface area contributed by atoms with Gasteiger partial charge in [0.25, 0.3) is 0 Å². The first-order chi connectivity index (χ1) is 26.4. The van der Waals surface area contributed by atoms with E-state index in [1.54, 1.807) is 126 Å². The predicted octanol–water partition coefficient (Wildman–Crippen LogP) is 7.13. The average Bonchev–Trinajstić information content (AvgIpc) is 3.17. The number of rotatable bonds is 14. The first-order valence-electron chi connectivity index (χ1n) is 19.0. The molecule has 1 aliphatic rings. The van der Waals surface area contributed by atoms with E-state index < -0.39 is 51.3 Å². The van der Waals surface area contributed by atoms with Crippen LogP contribution in [0.4, 0.5) is 0 Å². The van der Waals surface area contributed by atoms with Gasteiger partial charge in [-0.15, -0.1) is 0 Å². The topological polar surface area (TPSA) is 136 Å². The molecule has 0 spiro atoms. The van der Waals surface area contributed by atoms with Gasteiger partial charge in [-0.3, -0.25) is 9.59 Å². The van der Waals surface area contributed by atoms with Crippen LogP contribution in [0.2, 0.25) is 0 Å². The van der Waals surface area contributed by atoms with Crippen molar-refractivity contribution in [2.45, 2.75) is 84.1 Å². The van der Waals surface area contributed by atoms with Gasteiger partial charge in [-0.2, -0.15) is 0 Å². The predicted molar refractivity (Wildman–Crippen MR) is 217 cm³/mol. The van der Waals surface area contributed by atoms with Crippen molar-refractivity contribution < 1.29 is 38.7 Å². The minimum absolute atomic E-state index is 0.297. The van der Waals surface area contributed by atoms with Crippen molar-refractivity contribution in [2.24, 2.45) is 16.2 Å². The molecule has 0 saturated heterocycles. The molecule has 1 aliphatic carbocycles. The third-order valence-electron chi connectivity index (χ3n) is 11.3. The summed E-state index contributed by atoms with van der Waals surface area (Å²) in [7, 11) is 6.30. The molecule has 0 aromatic heterocycles. The minimum atomic E-state index is -1.75. The molecule has 1 saturated carbocycles. The van der Waals surface area contributed by atoms with Crippen molar-refractivity contribution in [1.82, 2.24) is 10.6 Å². The molecule has 56 heavy (non-hydrogen) atoms. The summed E-state index contributed by atoms with van der Waals surface area (Å²) in [4.78, 5) is 29.8. The summed E-state index contributed by atoms with van der Waals surface area (Å²) in [6.07, 6.45) is 1.25. The lowest BCUT2D eigenvalue weighted by Gasteiger charge is -2.49. The van der Waals surface area contributed by atoms with E-state index in [-0.39, 0.29) is 0 Å². The van der Waals surface area contributed by atoms with Crippen molar-refractivity contribution in [3.63, 3.8) is 0 Å². The van der Waals surface area contributed by atoms with Crippen LogP contribution in [0.25, 0.3) is 0 Å². The van der Waals surface area contributed by atoms with Crippen LogP contribution in [0, 0.1) is 16.2 Å². The Balaban J connectivity index is 1.58. The number of carbonyl (C=O) groups excluding carboxylic acids is 2. The lowest BCUT2D eigenvalue weighted by Crippen LogP contribution is -2.66. The van der Waals surface area contributed by atoms with Gasteiger partial charge in [-0.25, -0.2) is 0 Å². The highest BCUT2D eigenvalue weighted by atomic mass is 16.5. The van der Waals surface area contributed by atoms with Gasteiger partial charge in [0.2, 0.25) is 11.8 Å². The Hall–Kier alpha value is -5.06. The maximum absolute atomic E-state index is 14.9. The maximum Gasteiger partial charge on any atom is 0.236 e. The molecule has 0 aliphatic heterocycles. The molecule has 0 unspecified atom stereocenters. The monoisotopic (exact) mass is 766 g/mol. The van der Waals surface area contributed by atoms with Crippen LogP contribution >= 0.6 is 0 Å². The molecule has 1 fully saturated rings. The van der Waals surface area contributed by atoms with Gasteiger partial charge in [0.05, 0.1) is 40.5 Å². The molecule has 300 valence electrons. The average molecular weight is 767 g/mol. The number of carbonyl (C=O) groups is 2. The summed E-state index contributed by atoms with van der Waals surface area (Å²) in [5.41, 5.74) is -4.25. The molecule has 10 heteroatoms. The molecule has 10 nitrogen and oxygen atoms in total. The van der Waals surface area contributed by atoms with Crippen LogP contribution in [0.15, 0.2) is 97.1 Å². The molecule has 4 N–H and O–H groups in total. The van der Waals surface area contributed by atoms with E-state index in [0.29, 0.717) is 64.5 Å². The molecule has 5 rings (SSSR count). The molecular formula is C46H58N2O8. The summed E-state index contributed by atoms with van der Waals surface area (Å²) in [5, 5.41) is 32.5. The molecule has 0 heterocycles. The van der Waals surface area contributed by atoms with E-state index >= 15 is 0 Å². The van der Waals surface area contributed by atoms with Gasteiger partial charge >= 0.3 is 0 Å². The second-order valence-electron chi connectivity index (χ2n) is 16.9. The highest BCUT2D eigenvalue weighted by molar-refractivity contribution is 6.06. The lowest BCUT2D eigenvalue weighted by molar-refractivity contribution is -0.155. The summed E-state index contributed by atoms with van der Waals surface area (Å²) in [6, 6.07) is 26.6. The number of nitrogens with one attached hydrogen (secondary N) is 2. The lowest BCUT2D eigenvalue weighted by atomic mass is 9.64. The number of hydrogen-bond acceptors (Lipinski definition) is 8. The first kappa shape index (κ1) is 42.1. The standard InChI is InChI=1S/C46H58N2O8/c1-42(2,3)38(45(51,30-12-20-34(53-7)21-13-30)31-14-22-35(54-8)23-15-31)47-40(49)44(28-11-29-44)41(50)48-39(43(4,5)6)46(52,32-16-24-36(55-9)25-17-32)33-18-26-37(56-10)27-19-33/h12-27,38-39,51-52H,11,28-29H2,1-10H3,(H,47,49)(H,48,50)/t38-,39-/m1/s1. The van der Waals surface area contributed by atoms with Gasteiger partial charge in [0, 0.05) is 0 Å². The van der Waals surface area contributed by atoms with Gasteiger partial charge in [0.15, 0.2) is 0 Å². The zero-order chi connectivity index (χ0) is 41.1. The van der Waals surface area contributed by atoms with Gasteiger partial charge < -0.3 is 39.8 Å². The van der Waals surface area contributed by atoms with E-state index in [9.17, 15) is 19.8 Å². The largest absolute Gasteiger partial charge is 0.497 e. The van der Waals surface area contributed by atoms with Crippen molar-refractivity contribution in [2.75, 3.05) is 28.4 Å². The quantitative estimate of drug-likeness (QED) is 0.0997. The highest BCUT2D eigenvalue weighted by Crippen LogP contribution is 2.47. The Labute approximate surface area is 331 Å². The number of aliphatic hydroxyl groups is 2. The Bertz CT molecular complexity index is 1710. The molecule has 2 amide bonds. The van der Waals surface area contributed by atoms with Gasteiger partial charge in [-0.1, -0.05) is 96.5 Å². The van der Waals surface area contributed by atoms with E-state index in [0.717, 1.165) is 0 Å². The van der Waals surface area contributed by atoms with E-state index in [2.05, 4.69) is 10.6 Å². The van der Waals surface area contributed by atoms with Crippen LogP contribution < -0.4 is 29.6 Å². The number of methoxy groups -OCH3 is 4. The molecule has 4 aromatic rings. The van der Waals surface area contributed by atoms with Crippen LogP contribution in [0.5, 0.6) is 23.0 Å². The fourth-order valence-corrected chi connectivity index (χ4v) is 7.90. The maximum atomic E-state index is 14.9. The SMILES string of the molecule is COc1ccc(C(O)(c2ccc(OC)cc2)[C@H](NC(=O)C2(C(=O)N[C@H](C(C)(C)C)C(O)(c3ccc(OC)cc3)c3ccc(OC)cc3)CCC2)C(C)(C)C)cc1. The Morgan fingerprint density at radius 3 is 0.893 bits per heavy atom. The number of benzene rings is 4. The molecule has 2 atom stereocenters. The van der Waals surface area contributed by atoms with Crippen molar-refractivity contribution >= 4 is 11.8 Å². The molecule has 0 radical (unpaired) electrons. The van der Waals surface area contributed by atoms with Gasteiger partial charge in [0.1, 0.15) is 39.6 Å². The molecular weight excluding hydrogens is 709 g/mol. The van der Waals surface area contributed by atoms with Crippen molar-refractivity contribution in [1.29, 1.82) is 0 Å². The zero-order valence-electron chi connectivity index (χ0n) is 34.4. The minimum Gasteiger partial charge on any atom is -0.497 e. The smallest absolute Gasteiger partial charge is 0.236 e. The number of amides is 2. The van der Waals surface area contributed by atoms with Crippen LogP contribution in [0.1, 0.15) is 83.1 Å². The Morgan fingerprint density at radius 1 is 0.500 bits per heavy atom. The van der Waals surface area contributed by atoms with Crippen LogP contribution in [0.3, 0.4) is 0 Å². The Morgan fingerprint density at radius 2 is 0.732 bits per heavy atom. The van der Waals surface area contributed by atoms with E-state index in [1.165, 1.54) is 0 Å². The fourth-order valence-electron chi connectivity index (χ4n) is 7.90. The first-order valence-corrected chi connectivity index (χ1v) is 19.0. The van der Waals surface area contributed by atoms with Crippen LogP contribution in [-0.2, 0) is 20.8 Å².